The molecule has 2 unspecified atom stereocenters. The molecule has 1 aromatic heterocycles. The second kappa shape index (κ2) is 4.71. The van der Waals surface area contributed by atoms with E-state index in [4.69, 9.17) is 4.74 Å². The number of halogens is 1. The first-order valence-electron chi connectivity index (χ1n) is 5.94. The molecule has 2 nitrogen and oxygen atoms in total. The van der Waals surface area contributed by atoms with Crippen molar-refractivity contribution in [2.45, 2.75) is 18.6 Å². The summed E-state index contributed by atoms with van der Waals surface area (Å²) >= 11 is 1.67. The van der Waals surface area contributed by atoms with Gasteiger partial charge in [-0.3, -0.25) is 0 Å². The molecule has 1 aliphatic rings. The van der Waals surface area contributed by atoms with Gasteiger partial charge in [-0.1, -0.05) is 12.1 Å². The van der Waals surface area contributed by atoms with E-state index in [1.54, 1.807) is 17.4 Å². The maximum atomic E-state index is 13.3. The zero-order valence-electron chi connectivity index (χ0n) is 10.0. The van der Waals surface area contributed by atoms with Gasteiger partial charge in [0.05, 0.1) is 0 Å². The molecule has 3 rings (SSSR count). The van der Waals surface area contributed by atoms with Gasteiger partial charge in [-0.25, -0.2) is 4.39 Å². The molecule has 2 aromatic rings. The second-order valence-electron chi connectivity index (χ2n) is 4.38. The topological polar surface area (TPSA) is 21.3 Å². The van der Waals surface area contributed by atoms with Gasteiger partial charge in [0.2, 0.25) is 0 Å². The molecular weight excluding hydrogens is 249 g/mol. The number of ether oxygens (including phenoxy) is 1. The third-order valence-electron chi connectivity index (χ3n) is 3.28. The molecular formula is C14H14FNOS. The Morgan fingerprint density at radius 1 is 1.39 bits per heavy atom. The monoisotopic (exact) mass is 263 g/mol. The number of hydrogen-bond donors (Lipinski definition) is 1. The Kier molecular flexibility index (Phi) is 3.06. The third kappa shape index (κ3) is 2.02. The molecule has 0 saturated carbocycles. The fourth-order valence-electron chi connectivity index (χ4n) is 2.36. The van der Waals surface area contributed by atoms with Crippen LogP contribution in [0.15, 0.2) is 35.7 Å². The van der Waals surface area contributed by atoms with Crippen LogP contribution in [0.25, 0.3) is 0 Å². The summed E-state index contributed by atoms with van der Waals surface area (Å²) in [6.45, 7) is 0. The molecule has 4 heteroatoms. The Labute approximate surface area is 109 Å². The summed E-state index contributed by atoms with van der Waals surface area (Å²) in [6.07, 6.45) is 0.882. The van der Waals surface area contributed by atoms with Crippen LogP contribution in [0.4, 0.5) is 4.39 Å². The molecule has 0 aliphatic carbocycles. The van der Waals surface area contributed by atoms with Gasteiger partial charge in [-0.15, -0.1) is 11.3 Å². The maximum Gasteiger partial charge on any atom is 0.135 e. The first kappa shape index (κ1) is 11.7. The van der Waals surface area contributed by atoms with Crippen molar-refractivity contribution in [1.29, 1.82) is 0 Å². The number of benzene rings is 1. The summed E-state index contributed by atoms with van der Waals surface area (Å²) < 4.78 is 19.2. The summed E-state index contributed by atoms with van der Waals surface area (Å²) in [5.74, 6) is 0.398. The first-order valence-corrected chi connectivity index (χ1v) is 6.82. The zero-order chi connectivity index (χ0) is 12.5. The number of nitrogens with one attached hydrogen (secondary N) is 1. The van der Waals surface area contributed by atoms with Crippen molar-refractivity contribution < 1.29 is 9.13 Å². The Morgan fingerprint density at radius 3 is 3.00 bits per heavy atom. The number of thiophene rings is 1. The van der Waals surface area contributed by atoms with Gasteiger partial charge >= 0.3 is 0 Å². The number of rotatable bonds is 2. The van der Waals surface area contributed by atoms with E-state index < -0.39 is 0 Å². The van der Waals surface area contributed by atoms with Crippen LogP contribution in [-0.2, 0) is 0 Å². The van der Waals surface area contributed by atoms with E-state index in [1.165, 1.54) is 17.0 Å². The van der Waals surface area contributed by atoms with Crippen LogP contribution in [0.2, 0.25) is 0 Å². The summed E-state index contributed by atoms with van der Waals surface area (Å²) in [4.78, 5) is 1.19. The molecule has 0 saturated heterocycles. The van der Waals surface area contributed by atoms with Crippen molar-refractivity contribution in [3.8, 4) is 5.75 Å². The van der Waals surface area contributed by atoms with Gasteiger partial charge in [0.1, 0.15) is 17.7 Å². The fourth-order valence-corrected chi connectivity index (χ4v) is 3.13. The molecule has 0 fully saturated rings. The van der Waals surface area contributed by atoms with E-state index in [0.29, 0.717) is 5.75 Å². The SMILES string of the molecule is CNC1CC(c2cccs2)Oc2cc(F)ccc21. The lowest BCUT2D eigenvalue weighted by Gasteiger charge is -2.31. The summed E-state index contributed by atoms with van der Waals surface area (Å²) in [6, 6.07) is 9.04. The Morgan fingerprint density at radius 2 is 2.28 bits per heavy atom. The minimum absolute atomic E-state index is 0.0109. The summed E-state index contributed by atoms with van der Waals surface area (Å²) in [5.41, 5.74) is 1.03. The summed E-state index contributed by atoms with van der Waals surface area (Å²) in [5, 5.41) is 5.31. The molecule has 2 atom stereocenters. The normalized spacial score (nSPS) is 22.3. The molecule has 0 spiro atoms. The zero-order valence-corrected chi connectivity index (χ0v) is 10.8. The molecule has 18 heavy (non-hydrogen) atoms. The van der Waals surface area contributed by atoms with Crippen molar-refractivity contribution in [1.82, 2.24) is 5.32 Å². The lowest BCUT2D eigenvalue weighted by molar-refractivity contribution is 0.156. The lowest BCUT2D eigenvalue weighted by Crippen LogP contribution is -2.26. The van der Waals surface area contributed by atoms with Crippen molar-refractivity contribution >= 4 is 11.3 Å². The minimum atomic E-state index is -0.254. The minimum Gasteiger partial charge on any atom is -0.484 e. The van der Waals surface area contributed by atoms with Crippen LogP contribution in [0.1, 0.15) is 29.0 Å². The Hall–Kier alpha value is -1.39. The van der Waals surface area contributed by atoms with Crippen LogP contribution in [0.3, 0.4) is 0 Å². The van der Waals surface area contributed by atoms with E-state index >= 15 is 0 Å². The lowest BCUT2D eigenvalue weighted by atomic mass is 9.96. The molecule has 0 amide bonds. The van der Waals surface area contributed by atoms with Crippen molar-refractivity contribution in [3.63, 3.8) is 0 Å². The van der Waals surface area contributed by atoms with Crippen LogP contribution in [0, 0.1) is 5.82 Å². The van der Waals surface area contributed by atoms with E-state index in [1.807, 2.05) is 18.5 Å². The fraction of sp³-hybridized carbons (Fsp3) is 0.286. The van der Waals surface area contributed by atoms with E-state index in [2.05, 4.69) is 11.4 Å². The van der Waals surface area contributed by atoms with Crippen molar-refractivity contribution in [2.24, 2.45) is 0 Å². The molecule has 1 N–H and O–H groups in total. The molecule has 0 bridgehead atoms. The average molecular weight is 263 g/mol. The van der Waals surface area contributed by atoms with Crippen LogP contribution < -0.4 is 10.1 Å². The van der Waals surface area contributed by atoms with E-state index in [0.717, 1.165) is 12.0 Å². The van der Waals surface area contributed by atoms with Gasteiger partial charge in [0.15, 0.2) is 0 Å². The highest BCUT2D eigenvalue weighted by Crippen LogP contribution is 2.41. The predicted molar refractivity (Wildman–Crippen MR) is 70.5 cm³/mol. The summed E-state index contributed by atoms with van der Waals surface area (Å²) in [7, 11) is 1.93. The second-order valence-corrected chi connectivity index (χ2v) is 5.36. The van der Waals surface area contributed by atoms with E-state index in [9.17, 15) is 4.39 Å². The molecule has 2 heterocycles. The van der Waals surface area contributed by atoms with Crippen molar-refractivity contribution in [2.75, 3.05) is 7.05 Å². The van der Waals surface area contributed by atoms with Gasteiger partial charge in [-0.2, -0.15) is 0 Å². The van der Waals surface area contributed by atoms with Crippen molar-refractivity contribution in [3.05, 3.63) is 52.0 Å². The standard InChI is InChI=1S/C14H14FNOS/c1-16-11-8-13(14-3-2-6-18-14)17-12-7-9(15)4-5-10(11)12/h2-7,11,13,16H,8H2,1H3. The third-order valence-corrected chi connectivity index (χ3v) is 4.24. The first-order chi connectivity index (χ1) is 8.78. The molecule has 94 valence electrons. The van der Waals surface area contributed by atoms with Crippen LogP contribution in [-0.4, -0.2) is 7.05 Å². The highest BCUT2D eigenvalue weighted by atomic mass is 32.1. The number of hydrogen-bond acceptors (Lipinski definition) is 3. The average Bonchev–Trinajstić information content (AvgIpc) is 2.90. The van der Waals surface area contributed by atoms with Gasteiger partial charge in [0, 0.05) is 29.0 Å². The maximum absolute atomic E-state index is 13.3. The number of fused-ring (bicyclic) bond motifs is 1. The van der Waals surface area contributed by atoms with E-state index in [-0.39, 0.29) is 18.0 Å². The Balaban J connectivity index is 1.98. The molecule has 1 aliphatic heterocycles. The quantitative estimate of drug-likeness (QED) is 0.892. The molecule has 0 radical (unpaired) electrons. The van der Waals surface area contributed by atoms with Gasteiger partial charge in [-0.05, 0) is 24.6 Å². The highest BCUT2D eigenvalue weighted by Gasteiger charge is 2.29. The largest absolute Gasteiger partial charge is 0.484 e. The Bertz CT molecular complexity index is 541. The predicted octanol–water partition coefficient (Wildman–Crippen LogP) is 3.67. The van der Waals surface area contributed by atoms with Crippen LogP contribution in [0.5, 0.6) is 5.75 Å². The van der Waals surface area contributed by atoms with Gasteiger partial charge < -0.3 is 10.1 Å². The molecule has 1 aromatic carbocycles. The highest BCUT2D eigenvalue weighted by molar-refractivity contribution is 7.10. The smallest absolute Gasteiger partial charge is 0.135 e. The van der Waals surface area contributed by atoms with Gasteiger partial charge in [0.25, 0.3) is 0 Å². The van der Waals surface area contributed by atoms with Crippen LogP contribution >= 0.6 is 11.3 Å².